The van der Waals surface area contributed by atoms with Gasteiger partial charge in [-0.15, -0.1) is 0 Å². The first-order valence-corrected chi connectivity index (χ1v) is 11.1. The Labute approximate surface area is 173 Å². The maximum atomic E-state index is 4.73. The largest absolute Gasteiger partial charge is 0.349 e. The van der Waals surface area contributed by atoms with E-state index >= 15 is 0 Å². The minimum absolute atomic E-state index is 0.0216. The molecular weight excluding hydrogens is 366 g/mol. The summed E-state index contributed by atoms with van der Waals surface area (Å²) >= 11 is 1.86. The topological polar surface area (TPSA) is 53.1 Å². The number of aryl methyl sites for hydroxylation is 1. The Kier molecular flexibility index (Phi) is 7.18. The summed E-state index contributed by atoms with van der Waals surface area (Å²) in [6, 6.07) is 8.58. The summed E-state index contributed by atoms with van der Waals surface area (Å²) in [7, 11) is 0. The summed E-state index contributed by atoms with van der Waals surface area (Å²) in [5.74, 6) is 1.52. The van der Waals surface area contributed by atoms with E-state index in [1.54, 1.807) is 0 Å². The van der Waals surface area contributed by atoms with E-state index in [0.29, 0.717) is 5.95 Å². The summed E-state index contributed by atoms with van der Waals surface area (Å²) < 4.78 is 2.47. The van der Waals surface area contributed by atoms with Gasteiger partial charge in [-0.3, -0.25) is 0 Å². The zero-order chi connectivity index (χ0) is 20.0. The standard InChI is InChI=1S/C22H33N5S/c1-5-12-22(3,4)26-21-23-16-17(2)20(25-21)24-18-10-9-11-19(15-18)28-27-13-7-6-8-14-27/h9-11,15-16H,5-8,12-14H2,1-4H3,(H2,23,24,25,26). The molecular formula is C22H33N5S. The Morgan fingerprint density at radius 2 is 1.96 bits per heavy atom. The van der Waals surface area contributed by atoms with Crippen molar-refractivity contribution in [2.45, 2.75) is 70.2 Å². The van der Waals surface area contributed by atoms with Crippen LogP contribution in [-0.4, -0.2) is 32.9 Å². The molecule has 1 fully saturated rings. The maximum Gasteiger partial charge on any atom is 0.225 e. The number of nitrogens with one attached hydrogen (secondary N) is 2. The third kappa shape index (κ3) is 6.11. The Bertz CT molecular complexity index is 771. The molecule has 2 heterocycles. The Hall–Kier alpha value is -1.79. The first-order chi connectivity index (χ1) is 13.4. The predicted octanol–water partition coefficient (Wildman–Crippen LogP) is 6.01. The van der Waals surface area contributed by atoms with Gasteiger partial charge >= 0.3 is 0 Å². The number of nitrogens with zero attached hydrogens (tertiary/aromatic N) is 3. The molecule has 0 aliphatic carbocycles. The molecule has 1 aliphatic heterocycles. The van der Waals surface area contributed by atoms with Crippen LogP contribution in [-0.2, 0) is 0 Å². The van der Waals surface area contributed by atoms with E-state index in [4.69, 9.17) is 4.98 Å². The molecule has 6 heteroatoms. The van der Waals surface area contributed by atoms with Crippen LogP contribution >= 0.6 is 11.9 Å². The number of anilines is 3. The summed E-state index contributed by atoms with van der Waals surface area (Å²) in [5.41, 5.74) is 2.07. The van der Waals surface area contributed by atoms with Gasteiger partial charge in [0.05, 0.1) is 0 Å². The van der Waals surface area contributed by atoms with Crippen molar-refractivity contribution in [3.8, 4) is 0 Å². The Morgan fingerprint density at radius 3 is 2.71 bits per heavy atom. The third-order valence-corrected chi connectivity index (χ3v) is 6.03. The van der Waals surface area contributed by atoms with Crippen LogP contribution in [0.5, 0.6) is 0 Å². The van der Waals surface area contributed by atoms with E-state index in [1.807, 2.05) is 25.1 Å². The molecule has 0 saturated carbocycles. The molecule has 1 aromatic heterocycles. The van der Waals surface area contributed by atoms with Crippen molar-refractivity contribution >= 4 is 29.4 Å². The third-order valence-electron chi connectivity index (χ3n) is 4.94. The quantitative estimate of drug-likeness (QED) is 0.530. The first kappa shape index (κ1) is 20.9. The molecule has 0 atom stereocenters. The highest BCUT2D eigenvalue weighted by Crippen LogP contribution is 2.29. The monoisotopic (exact) mass is 399 g/mol. The fraction of sp³-hybridized carbons (Fsp3) is 0.545. The van der Waals surface area contributed by atoms with Crippen molar-refractivity contribution in [1.29, 1.82) is 0 Å². The van der Waals surface area contributed by atoms with Crippen LogP contribution in [0, 0.1) is 6.92 Å². The minimum atomic E-state index is -0.0216. The number of aromatic nitrogens is 2. The van der Waals surface area contributed by atoms with Crippen molar-refractivity contribution in [3.63, 3.8) is 0 Å². The fourth-order valence-electron chi connectivity index (χ4n) is 3.49. The molecule has 2 N–H and O–H groups in total. The molecule has 5 nitrogen and oxygen atoms in total. The zero-order valence-electron chi connectivity index (χ0n) is 17.6. The molecule has 1 saturated heterocycles. The number of benzene rings is 1. The van der Waals surface area contributed by atoms with Crippen LogP contribution in [0.1, 0.15) is 58.4 Å². The van der Waals surface area contributed by atoms with Crippen molar-refractivity contribution in [3.05, 3.63) is 36.0 Å². The minimum Gasteiger partial charge on any atom is -0.349 e. The summed E-state index contributed by atoms with van der Waals surface area (Å²) in [5, 5.41) is 6.95. The van der Waals surface area contributed by atoms with Gasteiger partial charge in [-0.25, -0.2) is 9.29 Å². The van der Waals surface area contributed by atoms with Crippen molar-refractivity contribution in [1.82, 2.24) is 14.3 Å². The molecule has 2 aromatic rings. The SMILES string of the molecule is CCCC(C)(C)Nc1ncc(C)c(Nc2cccc(SN3CCCCC3)c2)n1. The van der Waals surface area contributed by atoms with Gasteiger partial charge in [-0.2, -0.15) is 4.98 Å². The van der Waals surface area contributed by atoms with Crippen LogP contribution in [0.15, 0.2) is 35.4 Å². The van der Waals surface area contributed by atoms with Crippen LogP contribution in [0.2, 0.25) is 0 Å². The molecule has 28 heavy (non-hydrogen) atoms. The number of piperidine rings is 1. The van der Waals surface area contributed by atoms with E-state index in [0.717, 1.165) is 29.9 Å². The molecule has 0 bridgehead atoms. The average Bonchev–Trinajstić information content (AvgIpc) is 2.65. The first-order valence-electron chi connectivity index (χ1n) is 10.4. The Balaban J connectivity index is 1.70. The van der Waals surface area contributed by atoms with Gasteiger partial charge in [-0.05, 0) is 70.2 Å². The Morgan fingerprint density at radius 1 is 1.18 bits per heavy atom. The normalized spacial score (nSPS) is 15.4. The summed E-state index contributed by atoms with van der Waals surface area (Å²) in [6.07, 6.45) is 8.04. The lowest BCUT2D eigenvalue weighted by Gasteiger charge is -2.26. The molecule has 3 rings (SSSR count). The van der Waals surface area contributed by atoms with Crippen LogP contribution in [0.4, 0.5) is 17.5 Å². The second kappa shape index (κ2) is 9.61. The van der Waals surface area contributed by atoms with Gasteiger partial charge in [0.15, 0.2) is 0 Å². The molecule has 1 aromatic carbocycles. The van der Waals surface area contributed by atoms with Gasteiger partial charge in [0, 0.05) is 41.0 Å². The number of hydrogen-bond donors (Lipinski definition) is 2. The highest BCUT2D eigenvalue weighted by Gasteiger charge is 2.18. The molecule has 0 radical (unpaired) electrons. The maximum absolute atomic E-state index is 4.73. The van der Waals surface area contributed by atoms with Crippen LogP contribution < -0.4 is 10.6 Å². The van der Waals surface area contributed by atoms with Crippen molar-refractivity contribution in [2.75, 3.05) is 23.7 Å². The molecule has 1 aliphatic rings. The zero-order valence-corrected chi connectivity index (χ0v) is 18.4. The van der Waals surface area contributed by atoms with E-state index in [1.165, 1.54) is 37.2 Å². The lowest BCUT2D eigenvalue weighted by molar-refractivity contribution is 0.380. The van der Waals surface area contributed by atoms with Gasteiger partial charge in [-0.1, -0.05) is 25.8 Å². The van der Waals surface area contributed by atoms with E-state index < -0.39 is 0 Å². The molecule has 0 spiro atoms. The van der Waals surface area contributed by atoms with Crippen LogP contribution in [0.25, 0.3) is 0 Å². The van der Waals surface area contributed by atoms with Crippen LogP contribution in [0.3, 0.4) is 0 Å². The average molecular weight is 400 g/mol. The van der Waals surface area contributed by atoms with Gasteiger partial charge in [0.1, 0.15) is 5.82 Å². The van der Waals surface area contributed by atoms with E-state index in [-0.39, 0.29) is 5.54 Å². The smallest absolute Gasteiger partial charge is 0.225 e. The van der Waals surface area contributed by atoms with Gasteiger partial charge in [0.2, 0.25) is 5.95 Å². The molecule has 0 amide bonds. The fourth-order valence-corrected chi connectivity index (χ4v) is 4.55. The predicted molar refractivity (Wildman–Crippen MR) is 120 cm³/mol. The van der Waals surface area contributed by atoms with Crippen molar-refractivity contribution in [2.24, 2.45) is 0 Å². The van der Waals surface area contributed by atoms with E-state index in [9.17, 15) is 0 Å². The lowest BCUT2D eigenvalue weighted by atomic mass is 9.99. The highest BCUT2D eigenvalue weighted by molar-refractivity contribution is 7.97. The lowest BCUT2D eigenvalue weighted by Crippen LogP contribution is -2.31. The van der Waals surface area contributed by atoms with E-state index in [2.05, 4.69) is 65.0 Å². The van der Waals surface area contributed by atoms with Gasteiger partial charge < -0.3 is 10.6 Å². The number of hydrogen-bond acceptors (Lipinski definition) is 6. The summed E-state index contributed by atoms with van der Waals surface area (Å²) in [4.78, 5) is 10.5. The van der Waals surface area contributed by atoms with Crippen molar-refractivity contribution < 1.29 is 0 Å². The van der Waals surface area contributed by atoms with Gasteiger partial charge in [0.25, 0.3) is 0 Å². The molecule has 152 valence electrons. The second-order valence-electron chi connectivity index (χ2n) is 8.22. The summed E-state index contributed by atoms with van der Waals surface area (Å²) in [6.45, 7) is 11.0. The number of rotatable bonds is 8. The molecule has 0 unspecified atom stereocenters. The second-order valence-corrected chi connectivity index (χ2v) is 9.39. The highest BCUT2D eigenvalue weighted by atomic mass is 32.2.